The number of hydrogen-bond donors (Lipinski definition) is 1. The molecular weight excluding hydrogens is 200 g/mol. The summed E-state index contributed by atoms with van der Waals surface area (Å²) >= 11 is 0. The Morgan fingerprint density at radius 3 is 2.12 bits per heavy atom. The van der Waals surface area contributed by atoms with Crippen molar-refractivity contribution in [1.29, 1.82) is 0 Å². The Morgan fingerprint density at radius 2 is 1.69 bits per heavy atom. The first kappa shape index (κ1) is 12.8. The van der Waals surface area contributed by atoms with Crippen molar-refractivity contribution in [2.24, 2.45) is 5.41 Å². The van der Waals surface area contributed by atoms with E-state index < -0.39 is 5.97 Å². The van der Waals surface area contributed by atoms with Crippen LogP contribution in [0.15, 0.2) is 18.2 Å². The lowest BCUT2D eigenvalue weighted by molar-refractivity contribution is -0.139. The number of aryl methyl sites for hydroxylation is 2. The Balaban J connectivity index is 2.83. The molecule has 0 heterocycles. The zero-order valence-electron chi connectivity index (χ0n) is 10.5. The van der Waals surface area contributed by atoms with Crippen LogP contribution in [0.1, 0.15) is 37.0 Å². The zero-order valence-corrected chi connectivity index (χ0v) is 10.5. The molecule has 0 aliphatic carbocycles. The van der Waals surface area contributed by atoms with Crippen LogP contribution in [0.2, 0.25) is 0 Å². The van der Waals surface area contributed by atoms with E-state index in [-0.39, 0.29) is 11.8 Å². The van der Waals surface area contributed by atoms with Gasteiger partial charge >= 0.3 is 5.97 Å². The Bertz CT molecular complexity index is 371. The Labute approximate surface area is 97.3 Å². The molecule has 0 aromatic heterocycles. The molecule has 0 spiro atoms. The summed E-state index contributed by atoms with van der Waals surface area (Å²) < 4.78 is 0. The van der Waals surface area contributed by atoms with E-state index in [1.165, 1.54) is 16.7 Å². The minimum absolute atomic E-state index is 0.188. The lowest BCUT2D eigenvalue weighted by Crippen LogP contribution is -2.19. The largest absolute Gasteiger partial charge is 0.481 e. The summed E-state index contributed by atoms with van der Waals surface area (Å²) in [4.78, 5) is 10.7. The van der Waals surface area contributed by atoms with Gasteiger partial charge in [-0.2, -0.15) is 0 Å². The van der Waals surface area contributed by atoms with E-state index in [0.29, 0.717) is 0 Å². The van der Waals surface area contributed by atoms with Gasteiger partial charge < -0.3 is 5.11 Å². The van der Waals surface area contributed by atoms with Crippen molar-refractivity contribution in [3.8, 4) is 0 Å². The molecule has 1 aromatic carbocycles. The number of benzene rings is 1. The van der Waals surface area contributed by atoms with Crippen molar-refractivity contribution in [3.63, 3.8) is 0 Å². The minimum atomic E-state index is -0.727. The van der Waals surface area contributed by atoms with Gasteiger partial charge in [0.1, 0.15) is 0 Å². The molecule has 2 nitrogen and oxygen atoms in total. The topological polar surface area (TPSA) is 37.3 Å². The number of rotatable bonds is 4. The van der Waals surface area contributed by atoms with Crippen LogP contribution in [0.4, 0.5) is 0 Å². The third-order valence-corrected chi connectivity index (χ3v) is 2.59. The van der Waals surface area contributed by atoms with E-state index in [0.717, 1.165) is 6.42 Å². The molecule has 88 valence electrons. The molecule has 0 fully saturated rings. The van der Waals surface area contributed by atoms with Gasteiger partial charge in [-0.05, 0) is 31.2 Å². The molecule has 1 N–H and O–H groups in total. The van der Waals surface area contributed by atoms with Gasteiger partial charge in [0.15, 0.2) is 0 Å². The average Bonchev–Trinajstić information content (AvgIpc) is 1.95. The smallest absolute Gasteiger partial charge is 0.303 e. The third kappa shape index (κ3) is 4.05. The molecule has 16 heavy (non-hydrogen) atoms. The number of hydrogen-bond acceptors (Lipinski definition) is 1. The summed E-state index contributed by atoms with van der Waals surface area (Å²) in [6.07, 6.45) is 1.02. The Kier molecular flexibility index (Phi) is 3.74. The Hall–Kier alpha value is -1.31. The van der Waals surface area contributed by atoms with Gasteiger partial charge in [-0.15, -0.1) is 0 Å². The van der Waals surface area contributed by atoms with Crippen molar-refractivity contribution < 1.29 is 9.90 Å². The van der Waals surface area contributed by atoms with Crippen molar-refractivity contribution in [3.05, 3.63) is 34.9 Å². The van der Waals surface area contributed by atoms with Crippen LogP contribution in [-0.4, -0.2) is 11.1 Å². The monoisotopic (exact) mass is 220 g/mol. The highest BCUT2D eigenvalue weighted by molar-refractivity contribution is 5.67. The highest BCUT2D eigenvalue weighted by Crippen LogP contribution is 2.26. The third-order valence-electron chi connectivity index (χ3n) is 2.59. The van der Waals surface area contributed by atoms with Crippen molar-refractivity contribution in [2.75, 3.05) is 0 Å². The molecule has 0 bridgehead atoms. The quantitative estimate of drug-likeness (QED) is 0.845. The van der Waals surface area contributed by atoms with Gasteiger partial charge in [-0.25, -0.2) is 0 Å². The minimum Gasteiger partial charge on any atom is -0.481 e. The first-order valence-electron chi connectivity index (χ1n) is 5.57. The van der Waals surface area contributed by atoms with E-state index in [2.05, 4.69) is 32.0 Å². The summed E-state index contributed by atoms with van der Waals surface area (Å²) in [5.41, 5.74) is 3.51. The van der Waals surface area contributed by atoms with Gasteiger partial charge in [0.25, 0.3) is 0 Å². The molecule has 0 saturated heterocycles. The molecule has 2 heteroatoms. The predicted octanol–water partition coefficient (Wildman–Crippen LogP) is 3.35. The maximum atomic E-state index is 10.7. The summed E-state index contributed by atoms with van der Waals surface area (Å²) in [6, 6.07) is 6.40. The Morgan fingerprint density at radius 1 is 1.19 bits per heavy atom. The second-order valence-electron chi connectivity index (χ2n) is 5.41. The average molecular weight is 220 g/mol. The lowest BCUT2D eigenvalue weighted by atomic mass is 9.82. The second kappa shape index (κ2) is 4.69. The maximum absolute atomic E-state index is 10.7. The number of aliphatic carboxylic acids is 1. The molecule has 1 rings (SSSR count). The fourth-order valence-corrected chi connectivity index (χ4v) is 2.20. The highest BCUT2D eigenvalue weighted by Gasteiger charge is 2.22. The number of carboxylic acids is 1. The number of carboxylic acid groups (broad SMARTS) is 1. The van der Waals surface area contributed by atoms with Crippen LogP contribution < -0.4 is 0 Å². The summed E-state index contributed by atoms with van der Waals surface area (Å²) in [5.74, 6) is -0.727. The van der Waals surface area contributed by atoms with E-state index in [1.807, 2.05) is 13.8 Å². The van der Waals surface area contributed by atoms with Crippen molar-refractivity contribution >= 4 is 5.97 Å². The van der Waals surface area contributed by atoms with E-state index in [4.69, 9.17) is 5.11 Å². The number of carbonyl (C=O) groups is 1. The van der Waals surface area contributed by atoms with Crippen LogP contribution in [0.3, 0.4) is 0 Å². The molecular formula is C14H20O2. The van der Waals surface area contributed by atoms with Crippen LogP contribution in [-0.2, 0) is 11.2 Å². The highest BCUT2D eigenvalue weighted by atomic mass is 16.4. The fraction of sp³-hybridized carbons (Fsp3) is 0.500. The molecule has 0 amide bonds. The molecule has 0 atom stereocenters. The van der Waals surface area contributed by atoms with Gasteiger partial charge in [0.2, 0.25) is 0 Å². The van der Waals surface area contributed by atoms with E-state index in [9.17, 15) is 4.79 Å². The molecule has 0 radical (unpaired) electrons. The summed E-state index contributed by atoms with van der Waals surface area (Å²) in [7, 11) is 0. The van der Waals surface area contributed by atoms with Crippen LogP contribution in [0, 0.1) is 19.3 Å². The fourth-order valence-electron chi connectivity index (χ4n) is 2.20. The van der Waals surface area contributed by atoms with Crippen molar-refractivity contribution in [2.45, 2.75) is 40.5 Å². The van der Waals surface area contributed by atoms with Gasteiger partial charge in [-0.3, -0.25) is 4.79 Å². The predicted molar refractivity (Wildman–Crippen MR) is 65.7 cm³/mol. The van der Waals surface area contributed by atoms with Gasteiger partial charge in [0.05, 0.1) is 6.42 Å². The van der Waals surface area contributed by atoms with Crippen LogP contribution in [0.5, 0.6) is 0 Å². The molecule has 0 saturated carbocycles. The molecule has 0 aliphatic heterocycles. The normalized spacial score (nSPS) is 11.5. The van der Waals surface area contributed by atoms with Crippen LogP contribution >= 0.6 is 0 Å². The molecule has 0 unspecified atom stereocenters. The SMILES string of the molecule is Cc1cc(C)cc(CC(C)(C)CC(=O)O)c1. The molecule has 1 aromatic rings. The van der Waals surface area contributed by atoms with Gasteiger partial charge in [0, 0.05) is 0 Å². The standard InChI is InChI=1S/C14H20O2/c1-10-5-11(2)7-12(6-10)8-14(3,4)9-13(15)16/h5-7H,8-9H2,1-4H3,(H,15,16). The van der Waals surface area contributed by atoms with Gasteiger partial charge in [-0.1, -0.05) is 43.2 Å². The van der Waals surface area contributed by atoms with Crippen LogP contribution in [0.25, 0.3) is 0 Å². The summed E-state index contributed by atoms with van der Waals surface area (Å²) in [5, 5.41) is 8.84. The van der Waals surface area contributed by atoms with Crippen molar-refractivity contribution in [1.82, 2.24) is 0 Å². The first-order chi connectivity index (χ1) is 7.28. The maximum Gasteiger partial charge on any atom is 0.303 e. The first-order valence-corrected chi connectivity index (χ1v) is 5.57. The lowest BCUT2D eigenvalue weighted by Gasteiger charge is -2.22. The zero-order chi connectivity index (χ0) is 12.3. The second-order valence-corrected chi connectivity index (χ2v) is 5.41. The summed E-state index contributed by atoms with van der Waals surface area (Å²) in [6.45, 7) is 8.14. The van der Waals surface area contributed by atoms with E-state index >= 15 is 0 Å². The molecule has 0 aliphatic rings. The van der Waals surface area contributed by atoms with E-state index in [1.54, 1.807) is 0 Å².